The summed E-state index contributed by atoms with van der Waals surface area (Å²) in [6.45, 7) is 7.22. The van der Waals surface area contributed by atoms with Gasteiger partial charge < -0.3 is 9.72 Å². The zero-order valence-corrected chi connectivity index (χ0v) is 15.2. The second-order valence-electron chi connectivity index (χ2n) is 6.27. The van der Waals surface area contributed by atoms with E-state index in [0.717, 1.165) is 19.3 Å². The number of fused-ring (bicyclic) bond motifs is 1. The number of nitrogens with zero attached hydrogens (tertiary/aromatic N) is 2. The maximum Gasteiger partial charge on any atom is 0.320 e. The first-order valence-electron chi connectivity index (χ1n) is 8.92. The molecule has 0 bridgehead atoms. The molecule has 1 aromatic carbocycles. The first-order chi connectivity index (χ1) is 12.0. The van der Waals surface area contributed by atoms with Gasteiger partial charge in [-0.25, -0.2) is 4.98 Å². The minimum absolute atomic E-state index is 0.157. The quantitative estimate of drug-likeness (QED) is 0.559. The third-order valence-corrected chi connectivity index (χ3v) is 4.32. The van der Waals surface area contributed by atoms with Crippen LogP contribution in [0, 0.1) is 0 Å². The summed E-state index contributed by atoms with van der Waals surface area (Å²) in [5, 5.41) is 0.570. The van der Waals surface area contributed by atoms with Crippen molar-refractivity contribution in [2.45, 2.75) is 52.6 Å². The lowest BCUT2D eigenvalue weighted by Crippen LogP contribution is -2.38. The van der Waals surface area contributed by atoms with Gasteiger partial charge in [0.05, 0.1) is 30.6 Å². The van der Waals surface area contributed by atoms with Crippen LogP contribution in [-0.2, 0) is 16.1 Å². The number of esters is 1. The number of hydrogen-bond donors (Lipinski definition) is 1. The van der Waals surface area contributed by atoms with Crippen LogP contribution in [0.5, 0.6) is 0 Å². The summed E-state index contributed by atoms with van der Waals surface area (Å²) < 4.78 is 5.27. The molecule has 0 aliphatic rings. The van der Waals surface area contributed by atoms with Crippen LogP contribution in [0.2, 0.25) is 0 Å². The lowest BCUT2D eigenvalue weighted by molar-refractivity contribution is -0.145. The number of para-hydroxylation sites is 1. The number of carbonyl (C=O) groups is 1. The second-order valence-corrected chi connectivity index (χ2v) is 6.27. The first kappa shape index (κ1) is 19.1. The third kappa shape index (κ3) is 5.39. The van der Waals surface area contributed by atoms with Gasteiger partial charge in [-0.3, -0.25) is 14.5 Å². The topological polar surface area (TPSA) is 75.3 Å². The predicted octanol–water partition coefficient (Wildman–Crippen LogP) is 2.87. The van der Waals surface area contributed by atoms with Gasteiger partial charge in [0.25, 0.3) is 5.56 Å². The average molecular weight is 345 g/mol. The summed E-state index contributed by atoms with van der Waals surface area (Å²) in [5.41, 5.74) is 0.506. The van der Waals surface area contributed by atoms with E-state index in [1.54, 1.807) is 6.07 Å². The largest absolute Gasteiger partial charge is 0.465 e. The van der Waals surface area contributed by atoms with E-state index in [-0.39, 0.29) is 24.1 Å². The average Bonchev–Trinajstić information content (AvgIpc) is 2.61. The molecule has 136 valence electrons. The highest BCUT2D eigenvalue weighted by Crippen LogP contribution is 2.11. The van der Waals surface area contributed by atoms with Gasteiger partial charge in [-0.2, -0.15) is 0 Å². The van der Waals surface area contributed by atoms with E-state index in [1.165, 1.54) is 0 Å². The van der Waals surface area contributed by atoms with Crippen LogP contribution in [0.3, 0.4) is 0 Å². The number of carbonyl (C=O) groups excluding carboxylic acids is 1. The maximum absolute atomic E-state index is 12.2. The molecule has 0 saturated heterocycles. The molecular weight excluding hydrogens is 318 g/mol. The Labute approximate surface area is 148 Å². The number of rotatable bonds is 9. The Morgan fingerprint density at radius 2 is 2.08 bits per heavy atom. The van der Waals surface area contributed by atoms with Gasteiger partial charge in [-0.15, -0.1) is 0 Å². The van der Waals surface area contributed by atoms with Gasteiger partial charge >= 0.3 is 5.97 Å². The number of ether oxygens (including phenoxy) is 1. The molecule has 6 nitrogen and oxygen atoms in total. The van der Waals surface area contributed by atoms with E-state index in [1.807, 2.05) is 23.1 Å². The van der Waals surface area contributed by atoms with Gasteiger partial charge in [0.15, 0.2) is 0 Å². The van der Waals surface area contributed by atoms with E-state index >= 15 is 0 Å². The lowest BCUT2D eigenvalue weighted by Gasteiger charge is -2.26. The van der Waals surface area contributed by atoms with Crippen molar-refractivity contribution in [2.75, 3.05) is 13.2 Å². The van der Waals surface area contributed by atoms with E-state index < -0.39 is 0 Å². The summed E-state index contributed by atoms with van der Waals surface area (Å²) in [6, 6.07) is 7.42. The van der Waals surface area contributed by atoms with Crippen LogP contribution in [0.1, 0.15) is 45.9 Å². The zero-order chi connectivity index (χ0) is 18.2. The van der Waals surface area contributed by atoms with Crippen LogP contribution in [-0.4, -0.2) is 40.0 Å². The molecule has 2 aromatic rings. The number of nitrogens with one attached hydrogen (secondary N) is 1. The minimum atomic E-state index is -0.239. The summed E-state index contributed by atoms with van der Waals surface area (Å²) in [7, 11) is 0. The van der Waals surface area contributed by atoms with Gasteiger partial charge in [0.1, 0.15) is 5.82 Å². The molecule has 0 spiro atoms. The molecule has 0 saturated carbocycles. The Morgan fingerprint density at radius 3 is 2.80 bits per heavy atom. The smallest absolute Gasteiger partial charge is 0.320 e. The predicted molar refractivity (Wildman–Crippen MR) is 98.4 cm³/mol. The fourth-order valence-corrected chi connectivity index (χ4v) is 2.57. The summed E-state index contributed by atoms with van der Waals surface area (Å²) in [4.78, 5) is 33.6. The molecular formula is C19H27N3O3. The fourth-order valence-electron chi connectivity index (χ4n) is 2.57. The van der Waals surface area contributed by atoms with Crippen molar-refractivity contribution in [3.05, 3.63) is 40.4 Å². The Bertz CT molecular complexity index is 757. The number of aromatic nitrogens is 2. The first-order valence-corrected chi connectivity index (χ1v) is 8.92. The van der Waals surface area contributed by atoms with Crippen LogP contribution in [0.4, 0.5) is 0 Å². The minimum Gasteiger partial charge on any atom is -0.465 e. The molecule has 1 heterocycles. The SMILES string of the molecule is CCCCOC(=O)CN(Cc1nc2ccccc2c(=O)[nH]1)C(C)CC. The molecule has 1 N–H and O–H groups in total. The molecule has 1 unspecified atom stereocenters. The normalized spacial score (nSPS) is 12.5. The van der Waals surface area contributed by atoms with Crippen LogP contribution in [0.25, 0.3) is 10.9 Å². The lowest BCUT2D eigenvalue weighted by atomic mass is 10.2. The van der Waals surface area contributed by atoms with Crippen LogP contribution < -0.4 is 5.56 Å². The van der Waals surface area contributed by atoms with Gasteiger partial charge in [-0.05, 0) is 31.9 Å². The van der Waals surface area contributed by atoms with Crippen LogP contribution >= 0.6 is 0 Å². The molecule has 25 heavy (non-hydrogen) atoms. The highest BCUT2D eigenvalue weighted by Gasteiger charge is 2.19. The summed E-state index contributed by atoms with van der Waals surface area (Å²) in [6.07, 6.45) is 2.75. The van der Waals surface area contributed by atoms with E-state index in [0.29, 0.717) is 29.9 Å². The van der Waals surface area contributed by atoms with Crippen molar-refractivity contribution in [3.8, 4) is 0 Å². The van der Waals surface area contributed by atoms with Crippen molar-refractivity contribution in [1.29, 1.82) is 0 Å². The third-order valence-electron chi connectivity index (χ3n) is 4.32. The van der Waals surface area contributed by atoms with Crippen molar-refractivity contribution >= 4 is 16.9 Å². The summed E-state index contributed by atoms with van der Waals surface area (Å²) >= 11 is 0. The van der Waals surface area contributed by atoms with Crippen molar-refractivity contribution in [3.63, 3.8) is 0 Å². The number of aromatic amines is 1. The van der Waals surface area contributed by atoms with Crippen molar-refractivity contribution in [1.82, 2.24) is 14.9 Å². The zero-order valence-electron chi connectivity index (χ0n) is 15.2. The maximum atomic E-state index is 12.2. The molecule has 0 fully saturated rings. The van der Waals surface area contributed by atoms with E-state index in [2.05, 4.69) is 30.7 Å². The monoisotopic (exact) mass is 345 g/mol. The molecule has 0 amide bonds. The number of H-pyrrole nitrogens is 1. The molecule has 1 aromatic heterocycles. The standard InChI is InChI=1S/C19H27N3O3/c1-4-6-11-25-18(23)13-22(14(3)5-2)12-17-20-16-10-8-7-9-15(16)19(24)21-17/h7-10,14H,4-6,11-13H2,1-3H3,(H,20,21,24). The van der Waals surface area contributed by atoms with Gasteiger partial charge in [-0.1, -0.05) is 32.4 Å². The molecule has 0 aliphatic heterocycles. The Hall–Kier alpha value is -2.21. The number of unbranched alkanes of at least 4 members (excludes halogenated alkanes) is 1. The Balaban J connectivity index is 2.14. The highest BCUT2D eigenvalue weighted by atomic mass is 16.5. The molecule has 0 aliphatic carbocycles. The highest BCUT2D eigenvalue weighted by molar-refractivity contribution is 5.77. The molecule has 2 rings (SSSR count). The molecule has 0 radical (unpaired) electrons. The van der Waals surface area contributed by atoms with Crippen molar-refractivity contribution in [2.24, 2.45) is 0 Å². The number of benzene rings is 1. The Kier molecular flexibility index (Phi) is 7.13. The summed E-state index contributed by atoms with van der Waals surface area (Å²) in [5.74, 6) is 0.322. The Morgan fingerprint density at radius 1 is 1.32 bits per heavy atom. The van der Waals surface area contributed by atoms with Crippen molar-refractivity contribution < 1.29 is 9.53 Å². The van der Waals surface area contributed by atoms with Gasteiger partial charge in [0, 0.05) is 6.04 Å². The van der Waals surface area contributed by atoms with Crippen LogP contribution in [0.15, 0.2) is 29.1 Å². The van der Waals surface area contributed by atoms with E-state index in [9.17, 15) is 9.59 Å². The molecule has 1 atom stereocenters. The second kappa shape index (κ2) is 9.32. The van der Waals surface area contributed by atoms with Gasteiger partial charge in [0.2, 0.25) is 0 Å². The fraction of sp³-hybridized carbons (Fsp3) is 0.526. The van der Waals surface area contributed by atoms with E-state index in [4.69, 9.17) is 4.74 Å². The number of hydrogen-bond acceptors (Lipinski definition) is 5. The molecule has 6 heteroatoms.